The van der Waals surface area contributed by atoms with Gasteiger partial charge < -0.3 is 14.8 Å². The molecular weight excluding hydrogens is 418 g/mol. The van der Waals surface area contributed by atoms with E-state index in [1.807, 2.05) is 43.3 Å². The topological polar surface area (TPSA) is 71.1 Å². The number of nitrogens with one attached hydrogen (secondary N) is 1. The number of hydrogen-bond donors (Lipinski definition) is 1. The Balaban J connectivity index is 1.18. The molecule has 2 aromatic rings. The minimum atomic E-state index is -0.796. The van der Waals surface area contributed by atoms with E-state index in [1.165, 1.54) is 10.5 Å². The molecule has 2 aromatic carbocycles. The van der Waals surface area contributed by atoms with Crippen LogP contribution in [-0.2, 0) is 17.6 Å². The van der Waals surface area contributed by atoms with Gasteiger partial charge in [0.1, 0.15) is 11.6 Å². The first-order chi connectivity index (χ1) is 16.1. The highest BCUT2D eigenvalue weighted by Gasteiger charge is 2.52. The van der Waals surface area contributed by atoms with Crippen LogP contribution in [0, 0.1) is 0 Å². The molecule has 5 rings (SSSR count). The predicted octanol–water partition coefficient (Wildman–Crippen LogP) is 3.37. The largest absolute Gasteiger partial charge is 0.490 e. The molecule has 0 saturated carbocycles. The Bertz CT molecular complexity index is 1030. The van der Waals surface area contributed by atoms with E-state index in [1.54, 1.807) is 0 Å². The van der Waals surface area contributed by atoms with E-state index in [0.717, 1.165) is 49.4 Å². The lowest BCUT2D eigenvalue weighted by molar-refractivity contribution is -0.133. The van der Waals surface area contributed by atoms with Crippen molar-refractivity contribution in [1.82, 2.24) is 15.1 Å². The third kappa shape index (κ3) is 4.29. The lowest BCUT2D eigenvalue weighted by atomic mass is 9.78. The highest BCUT2D eigenvalue weighted by Crippen LogP contribution is 2.34. The number of para-hydroxylation sites is 2. The van der Waals surface area contributed by atoms with E-state index in [9.17, 15) is 9.59 Å². The third-order valence-electron chi connectivity index (χ3n) is 7.00. The van der Waals surface area contributed by atoms with Crippen LogP contribution in [0.15, 0.2) is 48.5 Å². The van der Waals surface area contributed by atoms with Gasteiger partial charge in [-0.15, -0.1) is 0 Å². The maximum atomic E-state index is 13.4. The number of nitrogens with zero attached hydrogens (tertiary/aromatic N) is 2. The summed E-state index contributed by atoms with van der Waals surface area (Å²) in [6.45, 7) is 4.43. The number of urea groups is 1. The maximum Gasteiger partial charge on any atom is 0.326 e. The molecule has 1 atom stereocenters. The Morgan fingerprint density at radius 2 is 1.70 bits per heavy atom. The molecule has 2 aliphatic heterocycles. The second-order valence-electron chi connectivity index (χ2n) is 9.15. The summed E-state index contributed by atoms with van der Waals surface area (Å²) in [5, 5.41) is 3.03. The first-order valence-corrected chi connectivity index (χ1v) is 11.9. The molecule has 7 nitrogen and oxygen atoms in total. The first-order valence-electron chi connectivity index (χ1n) is 11.9. The SMILES string of the molecule is CCOc1ccccc1OC1CCN(CN2C(=O)NC3(CCc4ccccc4C3)C2=O)CC1. The number of hydrogen-bond acceptors (Lipinski definition) is 5. The Kier molecular flexibility index (Phi) is 5.98. The summed E-state index contributed by atoms with van der Waals surface area (Å²) in [6, 6.07) is 15.7. The van der Waals surface area contributed by atoms with Gasteiger partial charge >= 0.3 is 6.03 Å². The molecule has 1 aliphatic carbocycles. The zero-order valence-electron chi connectivity index (χ0n) is 19.1. The van der Waals surface area contributed by atoms with Gasteiger partial charge in [-0.3, -0.25) is 9.69 Å². The number of carbonyl (C=O) groups excluding carboxylic acids is 2. The van der Waals surface area contributed by atoms with Gasteiger partial charge in [0.25, 0.3) is 5.91 Å². The van der Waals surface area contributed by atoms with Gasteiger partial charge in [0.15, 0.2) is 11.5 Å². The Morgan fingerprint density at radius 1 is 1.00 bits per heavy atom. The second kappa shape index (κ2) is 9.06. The maximum absolute atomic E-state index is 13.4. The van der Waals surface area contributed by atoms with Gasteiger partial charge in [-0.05, 0) is 55.9 Å². The van der Waals surface area contributed by atoms with Crippen LogP contribution in [0.1, 0.15) is 37.3 Å². The average molecular weight is 450 g/mol. The monoisotopic (exact) mass is 449 g/mol. The van der Waals surface area contributed by atoms with Crippen molar-refractivity contribution >= 4 is 11.9 Å². The van der Waals surface area contributed by atoms with Crippen molar-refractivity contribution in [2.24, 2.45) is 0 Å². The van der Waals surface area contributed by atoms with Gasteiger partial charge in [-0.2, -0.15) is 0 Å². The minimum absolute atomic E-state index is 0.0900. The number of amides is 3. The molecule has 33 heavy (non-hydrogen) atoms. The lowest BCUT2D eigenvalue weighted by Gasteiger charge is -2.35. The molecule has 3 amide bonds. The van der Waals surface area contributed by atoms with E-state index in [0.29, 0.717) is 26.1 Å². The Morgan fingerprint density at radius 3 is 2.45 bits per heavy atom. The Labute approximate surface area is 194 Å². The molecule has 2 heterocycles. The normalized spacial score (nSPS) is 23.5. The summed E-state index contributed by atoms with van der Waals surface area (Å²) >= 11 is 0. The van der Waals surface area contributed by atoms with Crippen molar-refractivity contribution in [2.45, 2.75) is 50.7 Å². The second-order valence-corrected chi connectivity index (χ2v) is 9.15. The number of benzene rings is 2. The number of likely N-dealkylation sites (tertiary alicyclic amines) is 1. The molecule has 1 spiro atoms. The van der Waals surface area contributed by atoms with Crippen molar-refractivity contribution in [3.8, 4) is 11.5 Å². The van der Waals surface area contributed by atoms with Crippen LogP contribution in [0.5, 0.6) is 11.5 Å². The van der Waals surface area contributed by atoms with Crippen molar-refractivity contribution in [2.75, 3.05) is 26.4 Å². The highest BCUT2D eigenvalue weighted by atomic mass is 16.5. The number of piperidine rings is 1. The van der Waals surface area contributed by atoms with Gasteiger partial charge in [0, 0.05) is 19.5 Å². The van der Waals surface area contributed by atoms with Crippen LogP contribution in [0.25, 0.3) is 0 Å². The van der Waals surface area contributed by atoms with E-state index >= 15 is 0 Å². The standard InChI is InChI=1S/C26H31N3O4/c1-2-32-22-9-5-6-10-23(22)33-21-12-15-28(16-13-21)18-29-24(30)26(27-25(29)31)14-11-19-7-3-4-8-20(19)17-26/h3-10,21H,2,11-18H2,1H3,(H,27,31). The quantitative estimate of drug-likeness (QED) is 0.685. The number of rotatable bonds is 6. The van der Waals surface area contributed by atoms with Gasteiger partial charge in [-0.1, -0.05) is 36.4 Å². The summed E-state index contributed by atoms with van der Waals surface area (Å²) in [7, 11) is 0. The van der Waals surface area contributed by atoms with E-state index < -0.39 is 5.54 Å². The zero-order valence-corrected chi connectivity index (χ0v) is 19.1. The number of imide groups is 1. The van der Waals surface area contributed by atoms with E-state index in [2.05, 4.69) is 22.3 Å². The summed E-state index contributed by atoms with van der Waals surface area (Å²) in [4.78, 5) is 29.7. The summed E-state index contributed by atoms with van der Waals surface area (Å²) in [6.07, 6.45) is 3.79. The van der Waals surface area contributed by atoms with Crippen LogP contribution in [0.2, 0.25) is 0 Å². The summed E-state index contributed by atoms with van der Waals surface area (Å²) in [5.74, 6) is 1.44. The molecular formula is C26H31N3O4. The van der Waals surface area contributed by atoms with Crippen molar-refractivity contribution < 1.29 is 19.1 Å². The van der Waals surface area contributed by atoms with Crippen LogP contribution in [0.3, 0.4) is 0 Å². The fraction of sp³-hybridized carbons (Fsp3) is 0.462. The lowest BCUT2D eigenvalue weighted by Crippen LogP contribution is -2.52. The van der Waals surface area contributed by atoms with Crippen molar-refractivity contribution in [3.05, 3.63) is 59.7 Å². The molecule has 0 aromatic heterocycles. The van der Waals surface area contributed by atoms with Crippen LogP contribution in [0.4, 0.5) is 4.79 Å². The molecule has 174 valence electrons. The molecule has 2 fully saturated rings. The predicted molar refractivity (Wildman–Crippen MR) is 124 cm³/mol. The van der Waals surface area contributed by atoms with Gasteiger partial charge in [0.2, 0.25) is 0 Å². The van der Waals surface area contributed by atoms with Gasteiger partial charge in [-0.25, -0.2) is 9.69 Å². The van der Waals surface area contributed by atoms with E-state index in [-0.39, 0.29) is 18.0 Å². The Hall–Kier alpha value is -3.06. The number of fused-ring (bicyclic) bond motifs is 1. The smallest absolute Gasteiger partial charge is 0.326 e. The zero-order chi connectivity index (χ0) is 22.8. The average Bonchev–Trinajstić information content (AvgIpc) is 3.05. The van der Waals surface area contributed by atoms with Crippen LogP contribution in [-0.4, -0.2) is 59.7 Å². The first kappa shape index (κ1) is 21.8. The molecule has 0 bridgehead atoms. The molecule has 0 radical (unpaired) electrons. The van der Waals surface area contributed by atoms with Crippen molar-refractivity contribution in [3.63, 3.8) is 0 Å². The molecule has 1 unspecified atom stereocenters. The molecule has 2 saturated heterocycles. The highest BCUT2D eigenvalue weighted by molar-refractivity contribution is 6.07. The summed E-state index contributed by atoms with van der Waals surface area (Å²) < 4.78 is 11.9. The summed E-state index contributed by atoms with van der Waals surface area (Å²) in [5.41, 5.74) is 1.64. The number of ether oxygens (including phenoxy) is 2. The number of carbonyl (C=O) groups is 2. The molecule has 1 N–H and O–H groups in total. The van der Waals surface area contributed by atoms with Crippen molar-refractivity contribution in [1.29, 1.82) is 0 Å². The molecule has 3 aliphatic rings. The van der Waals surface area contributed by atoms with Crippen LogP contribution < -0.4 is 14.8 Å². The van der Waals surface area contributed by atoms with Crippen LogP contribution >= 0.6 is 0 Å². The third-order valence-corrected chi connectivity index (χ3v) is 7.00. The fourth-order valence-corrected chi connectivity index (χ4v) is 5.20. The van der Waals surface area contributed by atoms with E-state index in [4.69, 9.17) is 9.47 Å². The minimum Gasteiger partial charge on any atom is -0.490 e. The fourth-order valence-electron chi connectivity index (χ4n) is 5.20. The van der Waals surface area contributed by atoms with Gasteiger partial charge in [0.05, 0.1) is 13.3 Å². The molecule has 7 heteroatoms. The number of aryl methyl sites for hydroxylation is 1.